The molecule has 0 saturated heterocycles. The van der Waals surface area contributed by atoms with Crippen molar-refractivity contribution in [3.8, 4) is 5.75 Å². The van der Waals surface area contributed by atoms with Crippen LogP contribution in [0.1, 0.15) is 18.9 Å². The molecule has 27 heavy (non-hydrogen) atoms. The van der Waals surface area contributed by atoms with Gasteiger partial charge in [-0.05, 0) is 37.1 Å². The van der Waals surface area contributed by atoms with E-state index in [9.17, 15) is 13.2 Å². The van der Waals surface area contributed by atoms with Gasteiger partial charge in [-0.1, -0.05) is 43.3 Å². The Morgan fingerprint density at radius 1 is 1.11 bits per heavy atom. The lowest BCUT2D eigenvalue weighted by molar-refractivity contribution is -0.122. The quantitative estimate of drug-likeness (QED) is 0.668. The first-order chi connectivity index (χ1) is 12.8. The van der Waals surface area contributed by atoms with Crippen LogP contribution in [0, 0.1) is 6.92 Å². The molecule has 0 fully saturated rings. The van der Waals surface area contributed by atoms with Crippen LogP contribution in [0.2, 0.25) is 0 Å². The number of anilines is 1. The largest absolute Gasteiger partial charge is 0.491 e. The minimum atomic E-state index is -3.61. The molecule has 0 aliphatic carbocycles. The second-order valence-corrected chi connectivity index (χ2v) is 8.08. The molecule has 146 valence electrons. The van der Waals surface area contributed by atoms with E-state index in [-0.39, 0.29) is 12.5 Å². The number of benzene rings is 2. The van der Waals surface area contributed by atoms with Crippen LogP contribution in [0.4, 0.5) is 5.69 Å². The summed E-state index contributed by atoms with van der Waals surface area (Å²) in [5.74, 6) is 0.418. The van der Waals surface area contributed by atoms with Crippen LogP contribution in [0.15, 0.2) is 54.6 Å². The predicted octanol–water partition coefficient (Wildman–Crippen LogP) is 2.73. The fourth-order valence-corrected chi connectivity index (χ4v) is 4.02. The van der Waals surface area contributed by atoms with Crippen molar-refractivity contribution in [3.63, 3.8) is 0 Å². The molecule has 0 aliphatic heterocycles. The van der Waals surface area contributed by atoms with Gasteiger partial charge < -0.3 is 10.1 Å². The second-order valence-electron chi connectivity index (χ2n) is 6.22. The standard InChI is InChI=1S/C20H26N2O4S/c1-4-18(22(27(3,24)25)17-11-6-5-7-12-17)20(23)21-14-15-26-19-13-9-8-10-16(19)2/h5-13,18H,4,14-15H2,1-3H3,(H,21,23)/t18-/m1/s1. The number of carbonyl (C=O) groups excluding carboxylic acids is 1. The number of rotatable bonds is 9. The molecule has 0 radical (unpaired) electrons. The Morgan fingerprint density at radius 3 is 2.33 bits per heavy atom. The Morgan fingerprint density at radius 2 is 1.74 bits per heavy atom. The maximum atomic E-state index is 12.6. The third-order valence-electron chi connectivity index (χ3n) is 4.09. The number of ether oxygens (including phenoxy) is 1. The molecular formula is C20H26N2O4S. The molecule has 0 aromatic heterocycles. The number of aryl methyl sites for hydroxylation is 1. The van der Waals surface area contributed by atoms with Crippen LogP contribution in [-0.2, 0) is 14.8 Å². The minimum Gasteiger partial charge on any atom is -0.491 e. The smallest absolute Gasteiger partial charge is 0.244 e. The molecule has 6 nitrogen and oxygen atoms in total. The molecule has 1 atom stereocenters. The van der Waals surface area contributed by atoms with E-state index in [0.717, 1.165) is 17.6 Å². The zero-order valence-corrected chi connectivity index (χ0v) is 16.7. The van der Waals surface area contributed by atoms with Crippen molar-refractivity contribution in [1.82, 2.24) is 5.32 Å². The fourth-order valence-electron chi connectivity index (χ4n) is 2.81. The summed E-state index contributed by atoms with van der Waals surface area (Å²) in [6.45, 7) is 4.33. The summed E-state index contributed by atoms with van der Waals surface area (Å²) in [5, 5.41) is 2.78. The summed E-state index contributed by atoms with van der Waals surface area (Å²) >= 11 is 0. The average molecular weight is 391 g/mol. The SMILES string of the molecule is CC[C@H](C(=O)NCCOc1ccccc1C)N(c1ccccc1)S(C)(=O)=O. The van der Waals surface area contributed by atoms with E-state index in [0.29, 0.717) is 18.7 Å². The molecule has 0 saturated carbocycles. The molecule has 0 bridgehead atoms. The van der Waals surface area contributed by atoms with Crippen molar-refractivity contribution in [2.24, 2.45) is 0 Å². The van der Waals surface area contributed by atoms with Crippen LogP contribution >= 0.6 is 0 Å². The van der Waals surface area contributed by atoms with Gasteiger partial charge in [0, 0.05) is 0 Å². The molecule has 1 amide bonds. The van der Waals surface area contributed by atoms with Gasteiger partial charge in [0.15, 0.2) is 0 Å². The highest BCUT2D eigenvalue weighted by molar-refractivity contribution is 7.92. The average Bonchev–Trinajstić information content (AvgIpc) is 2.64. The number of hydrogen-bond donors (Lipinski definition) is 1. The molecule has 0 unspecified atom stereocenters. The summed E-state index contributed by atoms with van der Waals surface area (Å²) in [6.07, 6.45) is 1.46. The number of nitrogens with one attached hydrogen (secondary N) is 1. The monoisotopic (exact) mass is 390 g/mol. The first-order valence-electron chi connectivity index (χ1n) is 8.85. The van der Waals surface area contributed by atoms with Gasteiger partial charge in [-0.15, -0.1) is 0 Å². The van der Waals surface area contributed by atoms with Crippen LogP contribution in [0.25, 0.3) is 0 Å². The topological polar surface area (TPSA) is 75.7 Å². The van der Waals surface area contributed by atoms with Gasteiger partial charge in [0.25, 0.3) is 0 Å². The van der Waals surface area contributed by atoms with E-state index in [1.807, 2.05) is 31.2 Å². The lowest BCUT2D eigenvalue weighted by Crippen LogP contribution is -2.49. The Balaban J connectivity index is 2.02. The van der Waals surface area contributed by atoms with E-state index in [2.05, 4.69) is 5.32 Å². The maximum Gasteiger partial charge on any atom is 0.244 e. The zero-order valence-electron chi connectivity index (χ0n) is 15.9. The lowest BCUT2D eigenvalue weighted by Gasteiger charge is -2.30. The summed E-state index contributed by atoms with van der Waals surface area (Å²) in [6, 6.07) is 15.5. The first-order valence-corrected chi connectivity index (χ1v) is 10.7. The second kappa shape index (κ2) is 9.41. The molecule has 7 heteroatoms. The molecular weight excluding hydrogens is 364 g/mol. The van der Waals surface area contributed by atoms with Crippen molar-refractivity contribution >= 4 is 21.6 Å². The van der Waals surface area contributed by atoms with Gasteiger partial charge in [-0.2, -0.15) is 0 Å². The number of nitrogens with zero attached hydrogens (tertiary/aromatic N) is 1. The maximum absolute atomic E-state index is 12.6. The number of sulfonamides is 1. The molecule has 0 aliphatic rings. The number of carbonyl (C=O) groups is 1. The van der Waals surface area contributed by atoms with Crippen molar-refractivity contribution in [1.29, 1.82) is 0 Å². The lowest BCUT2D eigenvalue weighted by atomic mass is 10.2. The van der Waals surface area contributed by atoms with E-state index >= 15 is 0 Å². The summed E-state index contributed by atoms with van der Waals surface area (Å²) in [4.78, 5) is 12.6. The van der Waals surface area contributed by atoms with E-state index < -0.39 is 16.1 Å². The van der Waals surface area contributed by atoms with Crippen LogP contribution in [0.3, 0.4) is 0 Å². The highest BCUT2D eigenvalue weighted by Gasteiger charge is 2.31. The third kappa shape index (κ3) is 5.72. The molecule has 2 aromatic carbocycles. The van der Waals surface area contributed by atoms with Crippen LogP contribution in [0.5, 0.6) is 5.75 Å². The van der Waals surface area contributed by atoms with E-state index in [1.54, 1.807) is 37.3 Å². The molecule has 2 rings (SSSR count). The number of amides is 1. The van der Waals surface area contributed by atoms with E-state index in [4.69, 9.17) is 4.74 Å². The summed E-state index contributed by atoms with van der Waals surface area (Å²) in [7, 11) is -3.61. The molecule has 0 heterocycles. The van der Waals surface area contributed by atoms with Gasteiger partial charge >= 0.3 is 0 Å². The highest BCUT2D eigenvalue weighted by Crippen LogP contribution is 2.22. The van der Waals surface area contributed by atoms with Gasteiger partial charge in [0.2, 0.25) is 15.9 Å². The van der Waals surface area contributed by atoms with Crippen LogP contribution < -0.4 is 14.4 Å². The first kappa shape index (κ1) is 20.8. The van der Waals surface area contributed by atoms with Crippen molar-refractivity contribution in [2.75, 3.05) is 23.7 Å². The Labute approximate surface area is 161 Å². The zero-order chi connectivity index (χ0) is 19.9. The predicted molar refractivity (Wildman–Crippen MR) is 108 cm³/mol. The summed E-state index contributed by atoms with van der Waals surface area (Å²) in [5.41, 5.74) is 1.49. The molecule has 0 spiro atoms. The molecule has 1 N–H and O–H groups in total. The van der Waals surface area contributed by atoms with Gasteiger partial charge in [-0.3, -0.25) is 9.10 Å². The Hall–Kier alpha value is -2.54. The van der Waals surface area contributed by atoms with Gasteiger partial charge in [-0.25, -0.2) is 8.42 Å². The van der Waals surface area contributed by atoms with Gasteiger partial charge in [0.05, 0.1) is 18.5 Å². The van der Waals surface area contributed by atoms with Gasteiger partial charge in [0.1, 0.15) is 18.4 Å². The molecule has 2 aromatic rings. The van der Waals surface area contributed by atoms with Crippen molar-refractivity contribution in [2.45, 2.75) is 26.3 Å². The Bertz CT molecular complexity index is 853. The number of hydrogen-bond acceptors (Lipinski definition) is 4. The third-order valence-corrected chi connectivity index (χ3v) is 5.27. The fraction of sp³-hybridized carbons (Fsp3) is 0.350. The normalized spacial score (nSPS) is 12.3. The van der Waals surface area contributed by atoms with Crippen LogP contribution in [-0.4, -0.2) is 39.8 Å². The number of para-hydroxylation sites is 2. The Kier molecular flexibility index (Phi) is 7.24. The van der Waals surface area contributed by atoms with Crippen molar-refractivity contribution in [3.05, 3.63) is 60.2 Å². The minimum absolute atomic E-state index is 0.288. The highest BCUT2D eigenvalue weighted by atomic mass is 32.2. The van der Waals surface area contributed by atoms with E-state index in [1.165, 1.54) is 4.31 Å². The summed E-state index contributed by atoms with van der Waals surface area (Å²) < 4.78 is 31.5. The van der Waals surface area contributed by atoms with Crippen molar-refractivity contribution < 1.29 is 17.9 Å².